The molecule has 0 aromatic carbocycles. The van der Waals surface area contributed by atoms with Crippen LogP contribution in [0.5, 0.6) is 0 Å². The normalized spacial score (nSPS) is 21.1. The average molecular weight is 228 g/mol. The lowest BCUT2D eigenvalue weighted by Gasteiger charge is -2.29. The quantitative estimate of drug-likeness (QED) is 0.729. The standard InChI is InChI=1S/C12H24N2O2/c1-9(2)8-11(13)12(15)16-10-4-6-14(3)7-5-10/h9-11H,4-8,13H2,1-3H3. The van der Waals surface area contributed by atoms with Crippen LogP contribution in [0.2, 0.25) is 0 Å². The molecular formula is C12H24N2O2. The van der Waals surface area contributed by atoms with E-state index in [9.17, 15) is 4.79 Å². The number of nitrogens with two attached hydrogens (primary N) is 1. The Labute approximate surface area is 98.1 Å². The second-order valence-corrected chi connectivity index (χ2v) is 5.18. The first kappa shape index (κ1) is 13.5. The summed E-state index contributed by atoms with van der Waals surface area (Å²) in [5.74, 6) is 0.197. The van der Waals surface area contributed by atoms with Gasteiger partial charge in [0, 0.05) is 13.1 Å². The van der Waals surface area contributed by atoms with Crippen molar-refractivity contribution in [2.75, 3.05) is 20.1 Å². The summed E-state index contributed by atoms with van der Waals surface area (Å²) in [7, 11) is 2.09. The maximum absolute atomic E-state index is 11.7. The summed E-state index contributed by atoms with van der Waals surface area (Å²) in [5.41, 5.74) is 5.78. The molecule has 0 saturated carbocycles. The van der Waals surface area contributed by atoms with E-state index in [1.165, 1.54) is 0 Å². The largest absolute Gasteiger partial charge is 0.461 e. The van der Waals surface area contributed by atoms with Gasteiger partial charge in [-0.1, -0.05) is 13.8 Å². The third-order valence-corrected chi connectivity index (χ3v) is 2.98. The molecule has 2 N–H and O–H groups in total. The van der Waals surface area contributed by atoms with Gasteiger partial charge in [-0.3, -0.25) is 4.79 Å². The highest BCUT2D eigenvalue weighted by molar-refractivity contribution is 5.75. The molecular weight excluding hydrogens is 204 g/mol. The Hall–Kier alpha value is -0.610. The summed E-state index contributed by atoms with van der Waals surface area (Å²) in [4.78, 5) is 13.9. The molecule has 1 fully saturated rings. The van der Waals surface area contributed by atoms with Crippen LogP contribution in [0.15, 0.2) is 0 Å². The van der Waals surface area contributed by atoms with Gasteiger partial charge in [0.25, 0.3) is 0 Å². The van der Waals surface area contributed by atoms with E-state index in [2.05, 4.69) is 25.8 Å². The minimum absolute atomic E-state index is 0.0712. The highest BCUT2D eigenvalue weighted by atomic mass is 16.5. The van der Waals surface area contributed by atoms with Crippen molar-refractivity contribution >= 4 is 5.97 Å². The lowest BCUT2D eigenvalue weighted by molar-refractivity contribution is -0.153. The monoisotopic (exact) mass is 228 g/mol. The summed E-state index contributed by atoms with van der Waals surface area (Å²) in [6.07, 6.45) is 2.63. The molecule has 16 heavy (non-hydrogen) atoms. The summed E-state index contributed by atoms with van der Waals surface area (Å²) in [5, 5.41) is 0. The molecule has 0 aromatic rings. The Balaban J connectivity index is 2.28. The third kappa shape index (κ3) is 4.49. The van der Waals surface area contributed by atoms with Crippen LogP contribution in [-0.4, -0.2) is 43.2 Å². The van der Waals surface area contributed by atoms with E-state index in [4.69, 9.17) is 10.5 Å². The maximum Gasteiger partial charge on any atom is 0.323 e. The molecule has 1 rings (SSSR count). The van der Waals surface area contributed by atoms with E-state index < -0.39 is 6.04 Å². The van der Waals surface area contributed by atoms with Gasteiger partial charge in [-0.25, -0.2) is 0 Å². The zero-order chi connectivity index (χ0) is 12.1. The van der Waals surface area contributed by atoms with Gasteiger partial charge in [0.05, 0.1) is 0 Å². The third-order valence-electron chi connectivity index (χ3n) is 2.98. The number of carbonyl (C=O) groups is 1. The number of esters is 1. The van der Waals surface area contributed by atoms with Gasteiger partial charge < -0.3 is 15.4 Å². The summed E-state index contributed by atoms with van der Waals surface area (Å²) in [6.45, 7) is 6.11. The number of piperidine rings is 1. The number of nitrogens with zero attached hydrogens (tertiary/aromatic N) is 1. The second-order valence-electron chi connectivity index (χ2n) is 5.18. The average Bonchev–Trinajstić information content (AvgIpc) is 2.20. The molecule has 0 spiro atoms. The molecule has 0 aliphatic carbocycles. The summed E-state index contributed by atoms with van der Waals surface area (Å²) in [6, 6.07) is -0.459. The van der Waals surface area contributed by atoms with Gasteiger partial charge in [-0.05, 0) is 32.2 Å². The molecule has 0 bridgehead atoms. The molecule has 1 aliphatic rings. The van der Waals surface area contributed by atoms with E-state index in [0.717, 1.165) is 25.9 Å². The van der Waals surface area contributed by atoms with Crippen molar-refractivity contribution in [3.8, 4) is 0 Å². The highest BCUT2D eigenvalue weighted by Gasteiger charge is 2.23. The number of carbonyl (C=O) groups excluding carboxylic acids is 1. The van der Waals surface area contributed by atoms with Crippen LogP contribution in [0.1, 0.15) is 33.1 Å². The molecule has 4 nitrogen and oxygen atoms in total. The van der Waals surface area contributed by atoms with Gasteiger partial charge in [0.1, 0.15) is 12.1 Å². The van der Waals surface area contributed by atoms with E-state index in [-0.39, 0.29) is 12.1 Å². The van der Waals surface area contributed by atoms with Crippen molar-refractivity contribution < 1.29 is 9.53 Å². The molecule has 0 aromatic heterocycles. The second kappa shape index (κ2) is 6.21. The van der Waals surface area contributed by atoms with Crippen LogP contribution in [-0.2, 0) is 9.53 Å². The lowest BCUT2D eigenvalue weighted by Crippen LogP contribution is -2.40. The molecule has 0 amide bonds. The van der Waals surface area contributed by atoms with Crippen LogP contribution in [0.25, 0.3) is 0 Å². The SMILES string of the molecule is CC(C)CC(N)C(=O)OC1CCN(C)CC1. The Kier molecular flexibility index (Phi) is 5.22. The van der Waals surface area contributed by atoms with Crippen molar-refractivity contribution in [1.82, 2.24) is 4.90 Å². The van der Waals surface area contributed by atoms with Gasteiger partial charge in [0.15, 0.2) is 0 Å². The number of ether oxygens (including phenoxy) is 1. The molecule has 94 valence electrons. The predicted octanol–water partition coefficient (Wildman–Crippen LogP) is 0.997. The topological polar surface area (TPSA) is 55.6 Å². The lowest BCUT2D eigenvalue weighted by atomic mass is 10.0. The van der Waals surface area contributed by atoms with Crippen LogP contribution < -0.4 is 5.73 Å². The zero-order valence-corrected chi connectivity index (χ0v) is 10.6. The number of hydrogen-bond donors (Lipinski definition) is 1. The van der Waals surface area contributed by atoms with E-state index in [0.29, 0.717) is 12.3 Å². The van der Waals surface area contributed by atoms with Crippen molar-refractivity contribution in [2.45, 2.75) is 45.3 Å². The summed E-state index contributed by atoms with van der Waals surface area (Å²) < 4.78 is 5.41. The zero-order valence-electron chi connectivity index (χ0n) is 10.6. The van der Waals surface area contributed by atoms with Crippen molar-refractivity contribution in [3.05, 3.63) is 0 Å². The fourth-order valence-corrected chi connectivity index (χ4v) is 1.96. The first-order valence-electron chi connectivity index (χ1n) is 6.13. The van der Waals surface area contributed by atoms with E-state index in [1.54, 1.807) is 0 Å². The highest BCUT2D eigenvalue weighted by Crippen LogP contribution is 2.14. The minimum Gasteiger partial charge on any atom is -0.461 e. The van der Waals surface area contributed by atoms with Gasteiger partial charge in [-0.2, -0.15) is 0 Å². The number of likely N-dealkylation sites (tertiary alicyclic amines) is 1. The Morgan fingerprint density at radius 2 is 2.00 bits per heavy atom. The molecule has 1 unspecified atom stereocenters. The predicted molar refractivity (Wildman–Crippen MR) is 64.0 cm³/mol. The minimum atomic E-state index is -0.459. The van der Waals surface area contributed by atoms with Crippen molar-refractivity contribution in [3.63, 3.8) is 0 Å². The Bertz CT molecular complexity index is 223. The first-order valence-corrected chi connectivity index (χ1v) is 6.13. The van der Waals surface area contributed by atoms with E-state index in [1.807, 2.05) is 0 Å². The number of hydrogen-bond acceptors (Lipinski definition) is 4. The van der Waals surface area contributed by atoms with E-state index >= 15 is 0 Å². The molecule has 4 heteroatoms. The fraction of sp³-hybridized carbons (Fsp3) is 0.917. The molecule has 1 atom stereocenters. The van der Waals surface area contributed by atoms with Crippen LogP contribution in [0.3, 0.4) is 0 Å². The maximum atomic E-state index is 11.7. The van der Waals surface area contributed by atoms with Crippen LogP contribution >= 0.6 is 0 Å². The van der Waals surface area contributed by atoms with Gasteiger partial charge in [0.2, 0.25) is 0 Å². The molecule has 1 aliphatic heterocycles. The van der Waals surface area contributed by atoms with Gasteiger partial charge >= 0.3 is 5.97 Å². The molecule has 1 saturated heterocycles. The Morgan fingerprint density at radius 3 is 2.50 bits per heavy atom. The fourth-order valence-electron chi connectivity index (χ4n) is 1.96. The number of rotatable bonds is 4. The van der Waals surface area contributed by atoms with Crippen molar-refractivity contribution in [1.29, 1.82) is 0 Å². The van der Waals surface area contributed by atoms with Crippen LogP contribution in [0, 0.1) is 5.92 Å². The Morgan fingerprint density at radius 1 is 1.44 bits per heavy atom. The smallest absolute Gasteiger partial charge is 0.323 e. The molecule has 1 heterocycles. The molecule has 0 radical (unpaired) electrons. The van der Waals surface area contributed by atoms with Crippen molar-refractivity contribution in [2.24, 2.45) is 11.7 Å². The first-order chi connectivity index (χ1) is 7.49. The summed E-state index contributed by atoms with van der Waals surface area (Å²) >= 11 is 0. The van der Waals surface area contributed by atoms with Gasteiger partial charge in [-0.15, -0.1) is 0 Å². The van der Waals surface area contributed by atoms with Crippen LogP contribution in [0.4, 0.5) is 0 Å².